The summed E-state index contributed by atoms with van der Waals surface area (Å²) in [7, 11) is 0. The first kappa shape index (κ1) is 15.8. The molecule has 1 heterocycles. The molecule has 0 aliphatic carbocycles. The van der Waals surface area contributed by atoms with E-state index in [0.717, 1.165) is 25.9 Å². The third kappa shape index (κ3) is 5.02. The van der Waals surface area contributed by atoms with E-state index in [4.69, 9.17) is 11.6 Å². The van der Waals surface area contributed by atoms with Gasteiger partial charge >= 0.3 is 0 Å². The fourth-order valence-electron chi connectivity index (χ4n) is 2.40. The highest BCUT2D eigenvalue weighted by molar-refractivity contribution is 6.34. The summed E-state index contributed by atoms with van der Waals surface area (Å²) >= 11 is 6.06. The summed E-state index contributed by atoms with van der Waals surface area (Å²) in [5.41, 5.74) is 1.18. The van der Waals surface area contributed by atoms with Crippen LogP contribution in [0.5, 0.6) is 0 Å². The number of halogens is 1. The van der Waals surface area contributed by atoms with Crippen molar-refractivity contribution in [1.82, 2.24) is 5.32 Å². The van der Waals surface area contributed by atoms with Crippen molar-refractivity contribution < 1.29 is 9.59 Å². The molecule has 2 amide bonds. The summed E-state index contributed by atoms with van der Waals surface area (Å²) in [6.45, 7) is 3.47. The van der Waals surface area contributed by atoms with E-state index in [1.54, 1.807) is 18.2 Å². The molecule has 1 aromatic rings. The number of carbonyl (C=O) groups excluding carboxylic acids is 2. The Hall–Kier alpha value is -1.59. The number of anilines is 2. The summed E-state index contributed by atoms with van der Waals surface area (Å²) in [4.78, 5) is 22.9. The molecule has 1 fully saturated rings. The Morgan fingerprint density at radius 1 is 1.38 bits per heavy atom. The van der Waals surface area contributed by atoms with Crippen molar-refractivity contribution in [2.75, 3.05) is 23.7 Å². The lowest BCUT2D eigenvalue weighted by Crippen LogP contribution is -2.15. The lowest BCUT2D eigenvalue weighted by Gasteiger charge is -2.10. The highest BCUT2D eigenvalue weighted by Gasteiger charge is 2.15. The Balaban J connectivity index is 1.85. The van der Waals surface area contributed by atoms with Crippen molar-refractivity contribution in [1.29, 1.82) is 0 Å². The van der Waals surface area contributed by atoms with Gasteiger partial charge < -0.3 is 16.0 Å². The highest BCUT2D eigenvalue weighted by atomic mass is 35.5. The van der Waals surface area contributed by atoms with Gasteiger partial charge in [0.1, 0.15) is 0 Å². The SMILES string of the molecule is CC(=O)Nc1ccc(NC(=O)CCC2CCNC2)cc1Cl. The van der Waals surface area contributed by atoms with Gasteiger partial charge in [0.25, 0.3) is 0 Å². The van der Waals surface area contributed by atoms with Crippen LogP contribution in [-0.2, 0) is 9.59 Å². The van der Waals surface area contributed by atoms with Crippen molar-refractivity contribution in [2.45, 2.75) is 26.2 Å². The minimum Gasteiger partial charge on any atom is -0.326 e. The molecule has 1 unspecified atom stereocenters. The van der Waals surface area contributed by atoms with E-state index in [9.17, 15) is 9.59 Å². The van der Waals surface area contributed by atoms with Crippen LogP contribution in [0.2, 0.25) is 5.02 Å². The third-order valence-corrected chi connectivity index (χ3v) is 3.82. The summed E-state index contributed by atoms with van der Waals surface area (Å²) in [6, 6.07) is 5.05. The summed E-state index contributed by atoms with van der Waals surface area (Å²) < 4.78 is 0. The van der Waals surface area contributed by atoms with Crippen LogP contribution < -0.4 is 16.0 Å². The van der Waals surface area contributed by atoms with Gasteiger partial charge in [-0.25, -0.2) is 0 Å². The number of nitrogens with one attached hydrogen (secondary N) is 3. The van der Waals surface area contributed by atoms with Crippen molar-refractivity contribution in [3.8, 4) is 0 Å². The average molecular weight is 310 g/mol. The lowest BCUT2D eigenvalue weighted by atomic mass is 10.0. The van der Waals surface area contributed by atoms with Gasteiger partial charge in [-0.15, -0.1) is 0 Å². The molecule has 6 heteroatoms. The zero-order valence-electron chi connectivity index (χ0n) is 12.0. The minimum absolute atomic E-state index is 0.00903. The highest BCUT2D eigenvalue weighted by Crippen LogP contribution is 2.25. The Bertz CT molecular complexity index is 528. The van der Waals surface area contributed by atoms with E-state index < -0.39 is 0 Å². The Morgan fingerprint density at radius 2 is 2.19 bits per heavy atom. The third-order valence-electron chi connectivity index (χ3n) is 3.51. The standard InChI is InChI=1S/C15H20ClN3O2/c1-10(20)18-14-4-3-12(8-13(14)16)19-15(21)5-2-11-6-7-17-9-11/h3-4,8,11,17H,2,5-7,9H2,1H3,(H,18,20)(H,19,21). The van der Waals surface area contributed by atoms with Crippen molar-refractivity contribution in [2.24, 2.45) is 5.92 Å². The Morgan fingerprint density at radius 3 is 2.81 bits per heavy atom. The maximum Gasteiger partial charge on any atom is 0.224 e. The minimum atomic E-state index is -0.182. The molecule has 3 N–H and O–H groups in total. The van der Waals surface area contributed by atoms with Crippen LogP contribution in [0.1, 0.15) is 26.2 Å². The second kappa shape index (κ2) is 7.43. The molecule has 21 heavy (non-hydrogen) atoms. The number of rotatable bonds is 5. The van der Waals surface area contributed by atoms with Gasteiger partial charge in [0.05, 0.1) is 10.7 Å². The van der Waals surface area contributed by atoms with Gasteiger partial charge in [-0.1, -0.05) is 11.6 Å². The quantitative estimate of drug-likeness (QED) is 0.783. The lowest BCUT2D eigenvalue weighted by molar-refractivity contribution is -0.116. The second-order valence-electron chi connectivity index (χ2n) is 5.32. The molecule has 1 atom stereocenters. The maximum atomic E-state index is 11.9. The molecule has 0 aromatic heterocycles. The number of amides is 2. The van der Waals surface area contributed by atoms with Gasteiger partial charge in [0.15, 0.2) is 0 Å². The van der Waals surface area contributed by atoms with E-state index >= 15 is 0 Å². The number of hydrogen-bond acceptors (Lipinski definition) is 3. The zero-order chi connectivity index (χ0) is 15.2. The molecule has 1 aromatic carbocycles. The van der Waals surface area contributed by atoms with E-state index in [1.165, 1.54) is 6.92 Å². The van der Waals surface area contributed by atoms with E-state index in [-0.39, 0.29) is 11.8 Å². The molecule has 1 saturated heterocycles. The van der Waals surface area contributed by atoms with Crippen molar-refractivity contribution in [3.63, 3.8) is 0 Å². The number of hydrogen-bond donors (Lipinski definition) is 3. The average Bonchev–Trinajstić information content (AvgIpc) is 2.92. The topological polar surface area (TPSA) is 70.2 Å². The van der Waals surface area contributed by atoms with Crippen LogP contribution in [0.4, 0.5) is 11.4 Å². The van der Waals surface area contributed by atoms with Crippen molar-refractivity contribution in [3.05, 3.63) is 23.2 Å². The molecule has 0 spiro atoms. The van der Waals surface area contributed by atoms with Gasteiger partial charge in [-0.3, -0.25) is 9.59 Å². The zero-order valence-corrected chi connectivity index (χ0v) is 12.8. The molecule has 0 radical (unpaired) electrons. The molecule has 5 nitrogen and oxygen atoms in total. The van der Waals surface area contributed by atoms with Crippen LogP contribution >= 0.6 is 11.6 Å². The summed E-state index contributed by atoms with van der Waals surface area (Å²) in [6.07, 6.45) is 2.55. The van der Waals surface area contributed by atoms with E-state index in [1.807, 2.05) is 0 Å². The molecule has 0 saturated carbocycles. The Labute approximate surface area is 129 Å². The summed E-state index contributed by atoms with van der Waals surface area (Å²) in [5, 5.41) is 9.15. The predicted molar refractivity (Wildman–Crippen MR) is 84.6 cm³/mol. The predicted octanol–water partition coefficient (Wildman–Crippen LogP) is 2.63. The van der Waals surface area contributed by atoms with E-state index in [2.05, 4.69) is 16.0 Å². The van der Waals surface area contributed by atoms with Crippen LogP contribution in [-0.4, -0.2) is 24.9 Å². The molecule has 1 aliphatic heterocycles. The van der Waals surface area contributed by atoms with Gasteiger partial charge in [0, 0.05) is 19.0 Å². The first-order valence-corrected chi connectivity index (χ1v) is 7.50. The van der Waals surface area contributed by atoms with Gasteiger partial charge in [0.2, 0.25) is 11.8 Å². The molecular weight excluding hydrogens is 290 g/mol. The normalized spacial score (nSPS) is 17.5. The first-order chi connectivity index (χ1) is 10.0. The van der Waals surface area contributed by atoms with Crippen LogP contribution in [0.15, 0.2) is 18.2 Å². The fourth-order valence-corrected chi connectivity index (χ4v) is 2.63. The smallest absolute Gasteiger partial charge is 0.224 e. The molecule has 114 valence electrons. The second-order valence-corrected chi connectivity index (χ2v) is 5.73. The van der Waals surface area contributed by atoms with E-state index in [0.29, 0.717) is 28.7 Å². The largest absolute Gasteiger partial charge is 0.326 e. The molecular formula is C15H20ClN3O2. The molecule has 0 bridgehead atoms. The molecule has 1 aliphatic rings. The fraction of sp³-hybridized carbons (Fsp3) is 0.467. The van der Waals surface area contributed by atoms with Crippen molar-refractivity contribution >= 4 is 34.8 Å². The van der Waals surface area contributed by atoms with Crippen LogP contribution in [0.25, 0.3) is 0 Å². The van der Waals surface area contributed by atoms with Gasteiger partial charge in [-0.2, -0.15) is 0 Å². The first-order valence-electron chi connectivity index (χ1n) is 7.12. The maximum absolute atomic E-state index is 11.9. The molecule has 2 rings (SSSR count). The van der Waals surface area contributed by atoms with Crippen LogP contribution in [0, 0.1) is 5.92 Å². The number of benzene rings is 1. The number of carbonyl (C=O) groups is 2. The van der Waals surface area contributed by atoms with Crippen LogP contribution in [0.3, 0.4) is 0 Å². The van der Waals surface area contributed by atoms with Gasteiger partial charge in [-0.05, 0) is 50.0 Å². The Kier molecular flexibility index (Phi) is 5.59. The monoisotopic (exact) mass is 309 g/mol. The summed E-state index contributed by atoms with van der Waals surface area (Å²) in [5.74, 6) is 0.408.